The van der Waals surface area contributed by atoms with Crippen molar-refractivity contribution in [3.8, 4) is 0 Å². The first-order valence-electron chi connectivity index (χ1n) is 6.07. The first-order chi connectivity index (χ1) is 8.01. The summed E-state index contributed by atoms with van der Waals surface area (Å²) >= 11 is 0. The van der Waals surface area contributed by atoms with Crippen molar-refractivity contribution in [1.82, 2.24) is 0 Å². The van der Waals surface area contributed by atoms with Gasteiger partial charge < -0.3 is 9.84 Å². The van der Waals surface area contributed by atoms with E-state index in [0.29, 0.717) is 12.5 Å². The molecular weight excluding hydrogens is 220 g/mol. The van der Waals surface area contributed by atoms with Crippen LogP contribution in [0.3, 0.4) is 0 Å². The minimum Gasteiger partial charge on any atom is -0.481 e. The molecule has 4 nitrogen and oxygen atoms in total. The van der Waals surface area contributed by atoms with Gasteiger partial charge in [-0.1, -0.05) is 39.7 Å². The number of unbranched alkanes of at least 4 members (excludes halogenated alkanes) is 1. The van der Waals surface area contributed by atoms with Crippen LogP contribution in [0.1, 0.15) is 46.0 Å². The lowest BCUT2D eigenvalue weighted by Gasteiger charge is -2.14. The average molecular weight is 242 g/mol. The van der Waals surface area contributed by atoms with E-state index in [-0.39, 0.29) is 12.0 Å². The highest BCUT2D eigenvalue weighted by Crippen LogP contribution is 2.14. The molecule has 1 N–H and O–H groups in total. The van der Waals surface area contributed by atoms with Crippen LogP contribution in [0, 0.1) is 5.92 Å². The predicted octanol–water partition coefficient (Wildman–Crippen LogP) is 2.78. The third-order valence-electron chi connectivity index (χ3n) is 2.65. The fourth-order valence-corrected chi connectivity index (χ4v) is 1.45. The number of ether oxygens (including phenoxy) is 1. The van der Waals surface area contributed by atoms with Crippen molar-refractivity contribution >= 4 is 11.9 Å². The number of carbonyl (C=O) groups excluding carboxylic acids is 1. The highest BCUT2D eigenvalue weighted by Gasteiger charge is 2.14. The second kappa shape index (κ2) is 8.79. The molecule has 0 aliphatic heterocycles. The largest absolute Gasteiger partial charge is 0.481 e. The Hall–Kier alpha value is -1.32. The highest BCUT2D eigenvalue weighted by molar-refractivity contribution is 5.92. The van der Waals surface area contributed by atoms with Crippen LogP contribution >= 0.6 is 0 Å². The number of hydrogen-bond acceptors (Lipinski definition) is 3. The van der Waals surface area contributed by atoms with E-state index in [1.165, 1.54) is 0 Å². The molecule has 0 heterocycles. The maximum atomic E-state index is 11.4. The van der Waals surface area contributed by atoms with Crippen LogP contribution < -0.4 is 0 Å². The van der Waals surface area contributed by atoms with E-state index in [0.717, 1.165) is 25.7 Å². The zero-order valence-electron chi connectivity index (χ0n) is 10.7. The zero-order chi connectivity index (χ0) is 13.3. The van der Waals surface area contributed by atoms with E-state index in [2.05, 4.69) is 20.4 Å². The molecule has 0 saturated carbocycles. The van der Waals surface area contributed by atoms with Crippen LogP contribution in [-0.2, 0) is 14.3 Å². The average Bonchev–Trinajstić information content (AvgIpc) is 2.28. The normalized spacial score (nSPS) is 11.9. The van der Waals surface area contributed by atoms with E-state index in [4.69, 9.17) is 9.84 Å². The molecular formula is C13H22O4. The lowest BCUT2D eigenvalue weighted by atomic mass is 10.0. The molecule has 0 aromatic carbocycles. The third kappa shape index (κ3) is 7.55. The topological polar surface area (TPSA) is 63.6 Å². The molecule has 0 rings (SSSR count). The van der Waals surface area contributed by atoms with Gasteiger partial charge in [-0.3, -0.25) is 4.79 Å². The maximum Gasteiger partial charge on any atom is 0.333 e. The first-order valence-corrected chi connectivity index (χ1v) is 6.07. The summed E-state index contributed by atoms with van der Waals surface area (Å²) in [6.45, 7) is 7.93. The Morgan fingerprint density at radius 2 is 2.00 bits per heavy atom. The zero-order valence-corrected chi connectivity index (χ0v) is 10.7. The highest BCUT2D eigenvalue weighted by atomic mass is 16.5. The van der Waals surface area contributed by atoms with E-state index in [1.54, 1.807) is 0 Å². The first kappa shape index (κ1) is 15.7. The summed E-state index contributed by atoms with van der Waals surface area (Å²) in [5, 5.41) is 8.50. The molecule has 0 aliphatic carbocycles. The number of carboxylic acids is 1. The monoisotopic (exact) mass is 242 g/mol. The van der Waals surface area contributed by atoms with Crippen molar-refractivity contribution in [2.24, 2.45) is 5.92 Å². The van der Waals surface area contributed by atoms with Crippen molar-refractivity contribution in [2.45, 2.75) is 46.0 Å². The third-order valence-corrected chi connectivity index (χ3v) is 2.65. The molecule has 0 amide bonds. The van der Waals surface area contributed by atoms with Gasteiger partial charge in [0.05, 0.1) is 13.0 Å². The van der Waals surface area contributed by atoms with E-state index in [9.17, 15) is 9.59 Å². The maximum absolute atomic E-state index is 11.4. The van der Waals surface area contributed by atoms with Crippen molar-refractivity contribution in [3.05, 3.63) is 12.2 Å². The number of rotatable bonds is 9. The van der Waals surface area contributed by atoms with Crippen LogP contribution in [0.5, 0.6) is 0 Å². The Balaban J connectivity index is 3.95. The molecule has 0 spiro atoms. The summed E-state index contributed by atoms with van der Waals surface area (Å²) < 4.78 is 5.05. The molecule has 1 atom stereocenters. The van der Waals surface area contributed by atoms with Crippen LogP contribution in [0.4, 0.5) is 0 Å². The van der Waals surface area contributed by atoms with E-state index < -0.39 is 11.9 Å². The van der Waals surface area contributed by atoms with Gasteiger partial charge in [0, 0.05) is 5.57 Å². The minimum atomic E-state index is -1.06. The molecule has 0 aromatic heterocycles. The van der Waals surface area contributed by atoms with Crippen molar-refractivity contribution < 1.29 is 19.4 Å². The Kier molecular flexibility index (Phi) is 8.11. The van der Waals surface area contributed by atoms with Gasteiger partial charge in [-0.2, -0.15) is 0 Å². The van der Waals surface area contributed by atoms with Crippen LogP contribution in [0.2, 0.25) is 0 Å². The minimum absolute atomic E-state index is 0.00263. The van der Waals surface area contributed by atoms with Gasteiger partial charge in [0.2, 0.25) is 0 Å². The molecule has 98 valence electrons. The Labute approximate surface area is 103 Å². The number of carboxylic acid groups (broad SMARTS) is 1. The van der Waals surface area contributed by atoms with Gasteiger partial charge in [0.1, 0.15) is 0 Å². The van der Waals surface area contributed by atoms with E-state index in [1.807, 2.05) is 0 Å². The standard InChI is InChI=1S/C13H22O4/c1-4-6-7-11(5-2)9-17-13(16)10(3)8-12(14)15/h11H,3-9H2,1-2H3,(H,14,15). The number of carbonyl (C=O) groups is 2. The molecule has 0 bridgehead atoms. The fourth-order valence-electron chi connectivity index (χ4n) is 1.45. The van der Waals surface area contributed by atoms with Crippen molar-refractivity contribution in [2.75, 3.05) is 6.61 Å². The lowest BCUT2D eigenvalue weighted by molar-refractivity contribution is -0.143. The van der Waals surface area contributed by atoms with Crippen LogP contribution in [0.25, 0.3) is 0 Å². The molecule has 0 aromatic rings. The summed E-state index contributed by atoms with van der Waals surface area (Å²) in [5.41, 5.74) is 0.00263. The van der Waals surface area contributed by atoms with Gasteiger partial charge >= 0.3 is 11.9 Å². The van der Waals surface area contributed by atoms with Gasteiger partial charge in [-0.25, -0.2) is 4.79 Å². The summed E-state index contributed by atoms with van der Waals surface area (Å²) in [7, 11) is 0. The van der Waals surface area contributed by atoms with Gasteiger partial charge in [0.25, 0.3) is 0 Å². The van der Waals surface area contributed by atoms with Crippen LogP contribution in [0.15, 0.2) is 12.2 Å². The molecule has 1 unspecified atom stereocenters. The quantitative estimate of drug-likeness (QED) is 0.499. The number of esters is 1. The summed E-state index contributed by atoms with van der Waals surface area (Å²) in [6, 6.07) is 0. The second-order valence-electron chi connectivity index (χ2n) is 4.19. The summed E-state index contributed by atoms with van der Waals surface area (Å²) in [6.07, 6.45) is 3.87. The van der Waals surface area contributed by atoms with Crippen LogP contribution in [-0.4, -0.2) is 23.7 Å². The van der Waals surface area contributed by atoms with Crippen molar-refractivity contribution in [1.29, 1.82) is 0 Å². The second-order valence-corrected chi connectivity index (χ2v) is 4.19. The number of aliphatic carboxylic acids is 1. The van der Waals surface area contributed by atoms with E-state index >= 15 is 0 Å². The smallest absolute Gasteiger partial charge is 0.333 e. The molecule has 0 fully saturated rings. The molecule has 0 saturated heterocycles. The summed E-state index contributed by atoms with van der Waals surface area (Å²) in [5.74, 6) is -1.30. The van der Waals surface area contributed by atoms with Crippen molar-refractivity contribution in [3.63, 3.8) is 0 Å². The predicted molar refractivity (Wildman–Crippen MR) is 65.7 cm³/mol. The Morgan fingerprint density at radius 1 is 1.35 bits per heavy atom. The molecule has 4 heteroatoms. The SMILES string of the molecule is C=C(CC(=O)O)C(=O)OCC(CC)CCCC. The molecule has 0 aliphatic rings. The fraction of sp³-hybridized carbons (Fsp3) is 0.692. The van der Waals surface area contributed by atoms with Gasteiger partial charge in [-0.05, 0) is 12.3 Å². The molecule has 17 heavy (non-hydrogen) atoms. The molecule has 0 radical (unpaired) electrons. The Morgan fingerprint density at radius 3 is 2.47 bits per heavy atom. The summed E-state index contributed by atoms with van der Waals surface area (Å²) in [4.78, 5) is 21.8. The van der Waals surface area contributed by atoms with Gasteiger partial charge in [-0.15, -0.1) is 0 Å². The number of hydrogen-bond donors (Lipinski definition) is 1. The van der Waals surface area contributed by atoms with Gasteiger partial charge in [0.15, 0.2) is 0 Å². The lowest BCUT2D eigenvalue weighted by Crippen LogP contribution is -2.16. The Bertz CT molecular complexity index is 271.